The number of hydrogen-bond acceptors (Lipinski definition) is 4. The van der Waals surface area contributed by atoms with Crippen molar-refractivity contribution in [3.63, 3.8) is 0 Å². The third-order valence-electron chi connectivity index (χ3n) is 2.40. The lowest BCUT2D eigenvalue weighted by atomic mass is 10.2. The molecule has 5 heteroatoms. The summed E-state index contributed by atoms with van der Waals surface area (Å²) in [7, 11) is 0. The fourth-order valence-corrected chi connectivity index (χ4v) is 3.17. The standard InChI is InChI=1S/C12H20N2OS2/c1-5-16-7-6-11(15)13-8(2)12-9(3)17-10(4)14-12/h8H,5-7H2,1-4H3,(H,13,15). The summed E-state index contributed by atoms with van der Waals surface area (Å²) >= 11 is 3.47. The molecule has 0 aliphatic rings. The van der Waals surface area contributed by atoms with E-state index in [0.29, 0.717) is 6.42 Å². The minimum Gasteiger partial charge on any atom is -0.348 e. The van der Waals surface area contributed by atoms with E-state index in [1.54, 1.807) is 23.1 Å². The van der Waals surface area contributed by atoms with Gasteiger partial charge in [0.15, 0.2) is 0 Å². The van der Waals surface area contributed by atoms with Crippen molar-refractivity contribution in [1.29, 1.82) is 0 Å². The molecule has 1 unspecified atom stereocenters. The van der Waals surface area contributed by atoms with Gasteiger partial charge in [0.2, 0.25) is 5.91 Å². The van der Waals surface area contributed by atoms with Crippen LogP contribution in [0, 0.1) is 13.8 Å². The molecule has 0 aromatic carbocycles. The summed E-state index contributed by atoms with van der Waals surface area (Å²) in [6, 6.07) is 0.0130. The molecule has 0 aliphatic heterocycles. The zero-order chi connectivity index (χ0) is 12.8. The van der Waals surface area contributed by atoms with Crippen LogP contribution in [-0.2, 0) is 4.79 Å². The Hall–Kier alpha value is -0.550. The molecule has 1 aromatic heterocycles. The Morgan fingerprint density at radius 2 is 2.24 bits per heavy atom. The maximum Gasteiger partial charge on any atom is 0.221 e. The average molecular weight is 272 g/mol. The number of nitrogens with one attached hydrogen (secondary N) is 1. The van der Waals surface area contributed by atoms with Crippen molar-refractivity contribution in [1.82, 2.24) is 10.3 Å². The van der Waals surface area contributed by atoms with E-state index in [4.69, 9.17) is 0 Å². The number of hydrogen-bond donors (Lipinski definition) is 1. The second kappa shape index (κ2) is 7.01. The van der Waals surface area contributed by atoms with Gasteiger partial charge in [-0.25, -0.2) is 4.98 Å². The van der Waals surface area contributed by atoms with E-state index in [9.17, 15) is 4.79 Å². The van der Waals surface area contributed by atoms with Gasteiger partial charge < -0.3 is 5.32 Å². The van der Waals surface area contributed by atoms with Crippen LogP contribution >= 0.6 is 23.1 Å². The minimum atomic E-state index is 0.0130. The van der Waals surface area contributed by atoms with Crippen molar-refractivity contribution in [2.24, 2.45) is 0 Å². The summed E-state index contributed by atoms with van der Waals surface area (Å²) in [6.45, 7) is 8.14. The van der Waals surface area contributed by atoms with Gasteiger partial charge in [-0.05, 0) is 26.5 Å². The number of rotatable bonds is 6. The number of aromatic nitrogens is 1. The monoisotopic (exact) mass is 272 g/mol. The van der Waals surface area contributed by atoms with Crippen LogP contribution in [0.25, 0.3) is 0 Å². The van der Waals surface area contributed by atoms with Crippen LogP contribution in [0.5, 0.6) is 0 Å². The third kappa shape index (κ3) is 4.68. The SMILES string of the molecule is CCSCCC(=O)NC(C)c1nc(C)sc1C. The summed E-state index contributed by atoms with van der Waals surface area (Å²) in [5.41, 5.74) is 1.00. The molecule has 0 radical (unpaired) electrons. The number of aryl methyl sites for hydroxylation is 2. The lowest BCUT2D eigenvalue weighted by molar-refractivity contribution is -0.121. The lowest BCUT2D eigenvalue weighted by Crippen LogP contribution is -2.27. The smallest absolute Gasteiger partial charge is 0.221 e. The number of carbonyl (C=O) groups is 1. The Kier molecular flexibility index (Phi) is 5.98. The zero-order valence-corrected chi connectivity index (χ0v) is 12.5. The van der Waals surface area contributed by atoms with Gasteiger partial charge >= 0.3 is 0 Å². The highest BCUT2D eigenvalue weighted by atomic mass is 32.2. The van der Waals surface area contributed by atoms with Crippen molar-refractivity contribution in [2.45, 2.75) is 40.2 Å². The maximum atomic E-state index is 11.7. The first-order valence-corrected chi connectivity index (χ1v) is 7.82. The van der Waals surface area contributed by atoms with Gasteiger partial charge in [-0.3, -0.25) is 4.79 Å². The van der Waals surface area contributed by atoms with Gasteiger partial charge in [-0.1, -0.05) is 6.92 Å². The van der Waals surface area contributed by atoms with Gasteiger partial charge in [0.05, 0.1) is 16.7 Å². The first-order chi connectivity index (χ1) is 8.04. The summed E-state index contributed by atoms with van der Waals surface area (Å²) in [5.74, 6) is 2.07. The van der Waals surface area contributed by atoms with E-state index in [1.807, 2.05) is 13.8 Å². The maximum absolute atomic E-state index is 11.7. The summed E-state index contributed by atoms with van der Waals surface area (Å²) in [5, 5.41) is 4.06. The van der Waals surface area contributed by atoms with Gasteiger partial charge in [-0.15, -0.1) is 11.3 Å². The Balaban J connectivity index is 2.46. The molecule has 0 saturated carbocycles. The molecule has 0 bridgehead atoms. The van der Waals surface area contributed by atoms with Crippen LogP contribution < -0.4 is 5.32 Å². The average Bonchev–Trinajstić information content (AvgIpc) is 2.58. The van der Waals surface area contributed by atoms with Crippen LogP contribution in [0.1, 0.15) is 41.9 Å². The first-order valence-electron chi connectivity index (χ1n) is 5.85. The normalized spacial score (nSPS) is 12.5. The molecule has 96 valence electrons. The van der Waals surface area contributed by atoms with Crippen LogP contribution in [0.15, 0.2) is 0 Å². The molecule has 0 fully saturated rings. The molecule has 0 aliphatic carbocycles. The molecule has 1 aromatic rings. The van der Waals surface area contributed by atoms with Gasteiger partial charge in [0, 0.05) is 17.1 Å². The van der Waals surface area contributed by atoms with Crippen molar-refractivity contribution < 1.29 is 4.79 Å². The van der Waals surface area contributed by atoms with E-state index in [1.165, 1.54) is 4.88 Å². The topological polar surface area (TPSA) is 42.0 Å². The summed E-state index contributed by atoms with van der Waals surface area (Å²) < 4.78 is 0. The molecule has 17 heavy (non-hydrogen) atoms. The van der Waals surface area contributed by atoms with Gasteiger partial charge in [0.25, 0.3) is 0 Å². The fraction of sp³-hybridized carbons (Fsp3) is 0.667. The van der Waals surface area contributed by atoms with Crippen LogP contribution in [-0.4, -0.2) is 22.4 Å². The largest absolute Gasteiger partial charge is 0.348 e. The van der Waals surface area contributed by atoms with E-state index < -0.39 is 0 Å². The molecule has 1 amide bonds. The van der Waals surface area contributed by atoms with E-state index in [0.717, 1.165) is 22.2 Å². The lowest BCUT2D eigenvalue weighted by Gasteiger charge is -2.12. The van der Waals surface area contributed by atoms with Crippen molar-refractivity contribution >= 4 is 29.0 Å². The summed E-state index contributed by atoms with van der Waals surface area (Å²) in [6.07, 6.45) is 0.588. The van der Waals surface area contributed by atoms with Crippen molar-refractivity contribution in [3.8, 4) is 0 Å². The number of thioether (sulfide) groups is 1. The first kappa shape index (κ1) is 14.5. The van der Waals surface area contributed by atoms with Crippen molar-refractivity contribution in [2.75, 3.05) is 11.5 Å². The number of carbonyl (C=O) groups excluding carboxylic acids is 1. The molecule has 1 atom stereocenters. The Morgan fingerprint density at radius 3 is 2.76 bits per heavy atom. The molecular formula is C12H20N2OS2. The molecule has 1 N–H and O–H groups in total. The third-order valence-corrected chi connectivity index (χ3v) is 4.21. The van der Waals surface area contributed by atoms with Gasteiger partial charge in [0.1, 0.15) is 0 Å². The molecule has 1 heterocycles. The quantitative estimate of drug-likeness (QED) is 0.809. The Labute approximate surface area is 111 Å². The van der Waals surface area contributed by atoms with Crippen molar-refractivity contribution in [3.05, 3.63) is 15.6 Å². The van der Waals surface area contributed by atoms with Crippen LogP contribution in [0.2, 0.25) is 0 Å². The van der Waals surface area contributed by atoms with E-state index >= 15 is 0 Å². The predicted octanol–water partition coefficient (Wildman–Crippen LogP) is 3.08. The number of amides is 1. The molecule has 0 spiro atoms. The Bertz CT molecular complexity index is 377. The Morgan fingerprint density at radius 1 is 1.53 bits per heavy atom. The van der Waals surface area contributed by atoms with Gasteiger partial charge in [-0.2, -0.15) is 11.8 Å². The van der Waals surface area contributed by atoms with E-state index in [-0.39, 0.29) is 11.9 Å². The highest BCUT2D eigenvalue weighted by molar-refractivity contribution is 7.99. The second-order valence-electron chi connectivity index (χ2n) is 3.91. The van der Waals surface area contributed by atoms with Crippen LogP contribution in [0.4, 0.5) is 0 Å². The highest BCUT2D eigenvalue weighted by Gasteiger charge is 2.14. The molecule has 0 saturated heterocycles. The number of nitrogens with zero attached hydrogens (tertiary/aromatic N) is 1. The zero-order valence-electron chi connectivity index (χ0n) is 10.9. The molecular weight excluding hydrogens is 252 g/mol. The van der Waals surface area contributed by atoms with Crippen LogP contribution in [0.3, 0.4) is 0 Å². The fourth-order valence-electron chi connectivity index (χ4n) is 1.64. The summed E-state index contributed by atoms with van der Waals surface area (Å²) in [4.78, 5) is 17.3. The number of thiazole rings is 1. The second-order valence-corrected chi connectivity index (χ2v) is 6.71. The predicted molar refractivity (Wildman–Crippen MR) is 75.8 cm³/mol. The molecule has 3 nitrogen and oxygen atoms in total. The highest BCUT2D eigenvalue weighted by Crippen LogP contribution is 2.22. The minimum absolute atomic E-state index is 0.0130. The van der Waals surface area contributed by atoms with E-state index in [2.05, 4.69) is 24.1 Å². The molecule has 1 rings (SSSR count).